The van der Waals surface area contributed by atoms with Crippen molar-refractivity contribution in [1.82, 2.24) is 0 Å². The van der Waals surface area contributed by atoms with E-state index in [0.717, 1.165) is 0 Å². The molecule has 2 aromatic rings. The number of nitrogens with one attached hydrogen (secondary N) is 1. The van der Waals surface area contributed by atoms with Crippen molar-refractivity contribution in [3.05, 3.63) is 47.5 Å². The third kappa shape index (κ3) is 5.25. The van der Waals surface area contributed by atoms with Crippen molar-refractivity contribution < 1.29 is 33.3 Å². The number of ketones is 1. The number of carbonyl (C=O) groups is 3. The van der Waals surface area contributed by atoms with E-state index in [1.54, 1.807) is 24.3 Å². The van der Waals surface area contributed by atoms with Crippen molar-refractivity contribution >= 4 is 23.3 Å². The van der Waals surface area contributed by atoms with Gasteiger partial charge in [0.05, 0.1) is 26.9 Å². The molecule has 1 amide bonds. The number of hydrogen-bond donors (Lipinski definition) is 1. The molecule has 0 aliphatic heterocycles. The highest BCUT2D eigenvalue weighted by atomic mass is 16.5. The minimum Gasteiger partial charge on any atom is -0.493 e. The van der Waals surface area contributed by atoms with Gasteiger partial charge in [-0.1, -0.05) is 12.1 Å². The van der Waals surface area contributed by atoms with Gasteiger partial charge in [-0.05, 0) is 38.1 Å². The quantitative estimate of drug-likeness (QED) is 0.536. The third-order valence-corrected chi connectivity index (χ3v) is 4.09. The molecule has 8 heteroatoms. The molecule has 154 valence electrons. The van der Waals surface area contributed by atoms with E-state index in [1.807, 2.05) is 0 Å². The standard InChI is InChI=1S/C21H23NO7/c1-12(23)14-7-6-8-16(9-14)22-20(24)13(2)29-21(25)15-10-17(26-3)19(28-5)18(11-15)27-4/h6-11,13H,1-5H3,(H,22,24)/t13-/m1/s1. The van der Waals surface area contributed by atoms with Crippen molar-refractivity contribution in [2.24, 2.45) is 0 Å². The van der Waals surface area contributed by atoms with E-state index in [9.17, 15) is 14.4 Å². The molecule has 1 atom stereocenters. The Morgan fingerprint density at radius 2 is 1.52 bits per heavy atom. The molecule has 0 aliphatic carbocycles. The van der Waals surface area contributed by atoms with E-state index in [1.165, 1.54) is 47.3 Å². The monoisotopic (exact) mass is 401 g/mol. The van der Waals surface area contributed by atoms with Crippen molar-refractivity contribution in [3.8, 4) is 17.2 Å². The second kappa shape index (κ2) is 9.59. The highest BCUT2D eigenvalue weighted by molar-refractivity contribution is 5.99. The number of Topliss-reactive ketones (excluding diaryl/α,β-unsaturated/α-hetero) is 1. The van der Waals surface area contributed by atoms with Crippen LogP contribution in [-0.4, -0.2) is 45.1 Å². The predicted octanol–water partition coefficient (Wildman–Crippen LogP) is 3.10. The van der Waals surface area contributed by atoms with Crippen LogP contribution in [0.4, 0.5) is 5.69 Å². The number of rotatable bonds is 8. The van der Waals surface area contributed by atoms with Gasteiger partial charge in [0.1, 0.15) is 0 Å². The van der Waals surface area contributed by atoms with Gasteiger partial charge >= 0.3 is 5.97 Å². The molecule has 0 aliphatic rings. The number of anilines is 1. The maximum atomic E-state index is 12.5. The molecule has 0 spiro atoms. The van der Waals surface area contributed by atoms with Gasteiger partial charge in [-0.2, -0.15) is 0 Å². The lowest BCUT2D eigenvalue weighted by Crippen LogP contribution is -2.30. The van der Waals surface area contributed by atoms with Crippen LogP contribution >= 0.6 is 0 Å². The van der Waals surface area contributed by atoms with Crippen LogP contribution in [0, 0.1) is 0 Å². The zero-order valence-corrected chi connectivity index (χ0v) is 16.9. The van der Waals surface area contributed by atoms with Gasteiger partial charge in [0.15, 0.2) is 23.4 Å². The SMILES string of the molecule is COc1cc(C(=O)O[C@H](C)C(=O)Nc2cccc(C(C)=O)c2)cc(OC)c1OC. The van der Waals surface area contributed by atoms with Crippen LogP contribution in [-0.2, 0) is 9.53 Å². The summed E-state index contributed by atoms with van der Waals surface area (Å²) in [6.45, 7) is 2.88. The molecule has 1 N–H and O–H groups in total. The molecule has 0 saturated carbocycles. The van der Waals surface area contributed by atoms with Gasteiger partial charge < -0.3 is 24.3 Å². The molecule has 8 nitrogen and oxygen atoms in total. The van der Waals surface area contributed by atoms with Gasteiger partial charge in [-0.3, -0.25) is 9.59 Å². The largest absolute Gasteiger partial charge is 0.493 e. The topological polar surface area (TPSA) is 100 Å². The Labute approximate surface area is 168 Å². The Balaban J connectivity index is 2.13. The molecule has 0 heterocycles. The molecule has 2 aromatic carbocycles. The van der Waals surface area contributed by atoms with Crippen molar-refractivity contribution in [3.63, 3.8) is 0 Å². The first-order valence-electron chi connectivity index (χ1n) is 8.73. The minimum absolute atomic E-state index is 0.122. The molecule has 0 aromatic heterocycles. The lowest BCUT2D eigenvalue weighted by atomic mass is 10.1. The molecule has 2 rings (SSSR count). The highest BCUT2D eigenvalue weighted by Crippen LogP contribution is 2.38. The van der Waals surface area contributed by atoms with E-state index in [-0.39, 0.29) is 22.8 Å². The van der Waals surface area contributed by atoms with E-state index in [2.05, 4.69) is 5.32 Å². The fraction of sp³-hybridized carbons (Fsp3) is 0.286. The Hall–Kier alpha value is -3.55. The van der Waals surface area contributed by atoms with Crippen molar-refractivity contribution in [2.45, 2.75) is 20.0 Å². The molecule has 0 fully saturated rings. The summed E-state index contributed by atoms with van der Waals surface area (Å²) in [7, 11) is 4.31. The summed E-state index contributed by atoms with van der Waals surface area (Å²) in [6, 6.07) is 9.35. The van der Waals surface area contributed by atoms with Gasteiger partial charge in [0.25, 0.3) is 5.91 Å². The van der Waals surface area contributed by atoms with E-state index < -0.39 is 18.0 Å². The van der Waals surface area contributed by atoms with E-state index in [4.69, 9.17) is 18.9 Å². The smallest absolute Gasteiger partial charge is 0.339 e. The zero-order valence-electron chi connectivity index (χ0n) is 16.9. The molecule has 0 unspecified atom stereocenters. The molecule has 29 heavy (non-hydrogen) atoms. The highest BCUT2D eigenvalue weighted by Gasteiger charge is 2.22. The van der Waals surface area contributed by atoms with Crippen LogP contribution in [0.25, 0.3) is 0 Å². The number of carbonyl (C=O) groups excluding carboxylic acids is 3. The fourth-order valence-corrected chi connectivity index (χ4v) is 2.54. The van der Waals surface area contributed by atoms with Crippen LogP contribution in [0.3, 0.4) is 0 Å². The number of methoxy groups -OCH3 is 3. The van der Waals surface area contributed by atoms with Gasteiger partial charge in [0.2, 0.25) is 5.75 Å². The Kier molecular flexibility index (Phi) is 7.19. The maximum absolute atomic E-state index is 12.5. The summed E-state index contributed by atoms with van der Waals surface area (Å²) in [4.78, 5) is 36.3. The second-order valence-corrected chi connectivity index (χ2v) is 6.09. The van der Waals surface area contributed by atoms with Crippen molar-refractivity contribution in [2.75, 3.05) is 26.6 Å². The third-order valence-electron chi connectivity index (χ3n) is 4.09. The first kappa shape index (κ1) is 21.7. The van der Waals surface area contributed by atoms with Gasteiger partial charge in [-0.15, -0.1) is 0 Å². The lowest BCUT2D eigenvalue weighted by Gasteiger charge is -2.16. The van der Waals surface area contributed by atoms with Crippen LogP contribution in [0.1, 0.15) is 34.6 Å². The van der Waals surface area contributed by atoms with Crippen LogP contribution in [0.5, 0.6) is 17.2 Å². The molecule has 0 bridgehead atoms. The van der Waals surface area contributed by atoms with Gasteiger partial charge in [0, 0.05) is 11.3 Å². The summed E-state index contributed by atoms with van der Waals surface area (Å²) in [5.41, 5.74) is 1.03. The van der Waals surface area contributed by atoms with Crippen molar-refractivity contribution in [1.29, 1.82) is 0 Å². The Morgan fingerprint density at radius 3 is 2.03 bits per heavy atom. The number of benzene rings is 2. The average molecular weight is 401 g/mol. The normalized spacial score (nSPS) is 11.2. The first-order valence-corrected chi connectivity index (χ1v) is 8.73. The minimum atomic E-state index is -1.08. The van der Waals surface area contributed by atoms with Gasteiger partial charge in [-0.25, -0.2) is 4.79 Å². The second-order valence-electron chi connectivity index (χ2n) is 6.09. The van der Waals surface area contributed by atoms with Crippen LogP contribution in [0.15, 0.2) is 36.4 Å². The number of amides is 1. The predicted molar refractivity (Wildman–Crippen MR) is 106 cm³/mol. The molecule has 0 saturated heterocycles. The molecular weight excluding hydrogens is 378 g/mol. The Morgan fingerprint density at radius 1 is 0.897 bits per heavy atom. The summed E-state index contributed by atoms with van der Waals surface area (Å²) in [5.74, 6) is -0.476. The van der Waals surface area contributed by atoms with Crippen LogP contribution < -0.4 is 19.5 Å². The van der Waals surface area contributed by atoms with E-state index in [0.29, 0.717) is 17.0 Å². The Bertz CT molecular complexity index is 898. The lowest BCUT2D eigenvalue weighted by molar-refractivity contribution is -0.123. The number of hydrogen-bond acceptors (Lipinski definition) is 7. The number of esters is 1. The summed E-state index contributed by atoms with van der Waals surface area (Å²) in [5, 5.41) is 2.62. The fourth-order valence-electron chi connectivity index (χ4n) is 2.54. The summed E-state index contributed by atoms with van der Waals surface area (Å²) >= 11 is 0. The summed E-state index contributed by atoms with van der Waals surface area (Å²) in [6.07, 6.45) is -1.08. The average Bonchev–Trinajstić information content (AvgIpc) is 2.72. The first-order chi connectivity index (χ1) is 13.8. The zero-order chi connectivity index (χ0) is 21.6. The number of ether oxygens (including phenoxy) is 4. The molecule has 0 radical (unpaired) electrons. The van der Waals surface area contributed by atoms with E-state index >= 15 is 0 Å². The summed E-state index contributed by atoms with van der Waals surface area (Å²) < 4.78 is 20.9. The molecular formula is C21H23NO7. The maximum Gasteiger partial charge on any atom is 0.339 e. The van der Waals surface area contributed by atoms with Crippen LogP contribution in [0.2, 0.25) is 0 Å².